The van der Waals surface area contributed by atoms with Gasteiger partial charge in [-0.25, -0.2) is 0 Å². The van der Waals surface area contributed by atoms with Crippen molar-refractivity contribution < 1.29 is 14.3 Å². The number of likely N-dealkylation sites (N-methyl/N-ethyl adjacent to an activating group) is 1. The number of benzene rings is 2. The normalized spacial score (nSPS) is 17.0. The Morgan fingerprint density at radius 1 is 1.16 bits per heavy atom. The molecule has 1 heterocycles. The van der Waals surface area contributed by atoms with Gasteiger partial charge in [-0.2, -0.15) is 0 Å². The molecule has 0 aromatic heterocycles. The number of methoxy groups -OCH3 is 2. The van der Waals surface area contributed by atoms with Gasteiger partial charge in [0.25, 0.3) is 0 Å². The van der Waals surface area contributed by atoms with E-state index in [9.17, 15) is 4.79 Å². The Bertz CT molecular complexity index is 773. The van der Waals surface area contributed by atoms with Gasteiger partial charge >= 0.3 is 0 Å². The third-order valence-corrected chi connectivity index (χ3v) is 5.07. The molecule has 2 aromatic carbocycles. The molecular weight excluding hydrogens is 338 g/mol. The van der Waals surface area contributed by atoms with Crippen LogP contribution in [0.3, 0.4) is 0 Å². The number of halogens is 1. The van der Waals surface area contributed by atoms with E-state index < -0.39 is 0 Å². The van der Waals surface area contributed by atoms with Crippen molar-refractivity contribution in [3.8, 4) is 11.5 Å². The first-order valence-electron chi connectivity index (χ1n) is 8.27. The van der Waals surface area contributed by atoms with Crippen molar-refractivity contribution in [3.63, 3.8) is 0 Å². The molecule has 1 aliphatic heterocycles. The Hall–Kier alpha value is -2.04. The van der Waals surface area contributed by atoms with Crippen LogP contribution in [0.15, 0.2) is 36.4 Å². The Kier molecular flexibility index (Phi) is 5.30. The molecule has 0 bridgehead atoms. The molecule has 1 atom stereocenters. The largest absolute Gasteiger partial charge is 0.493 e. The van der Waals surface area contributed by atoms with E-state index in [2.05, 4.69) is 11.9 Å². The summed E-state index contributed by atoms with van der Waals surface area (Å²) in [6.45, 7) is 0.904. The average Bonchev–Trinajstić information content (AvgIpc) is 2.63. The summed E-state index contributed by atoms with van der Waals surface area (Å²) in [6.07, 6.45) is 1.35. The number of rotatable bonds is 5. The molecule has 1 unspecified atom stereocenters. The Labute approximate surface area is 153 Å². The lowest BCUT2D eigenvalue weighted by Gasteiger charge is -2.35. The number of fused-ring (bicyclic) bond motifs is 1. The molecular formula is C20H22ClNO3. The van der Waals surface area contributed by atoms with Crippen LogP contribution in [0.1, 0.15) is 33.9 Å². The molecule has 25 heavy (non-hydrogen) atoms. The number of hydrogen-bond donors (Lipinski definition) is 0. The maximum atomic E-state index is 12.7. The van der Waals surface area contributed by atoms with Crippen LogP contribution in [-0.4, -0.2) is 38.5 Å². The molecule has 0 amide bonds. The fraction of sp³-hybridized carbons (Fsp3) is 0.350. The minimum Gasteiger partial charge on any atom is -0.493 e. The number of carbonyl (C=O) groups is 1. The molecule has 5 heteroatoms. The van der Waals surface area contributed by atoms with Crippen LogP contribution in [0.25, 0.3) is 0 Å². The molecule has 0 aliphatic carbocycles. The monoisotopic (exact) mass is 359 g/mol. The van der Waals surface area contributed by atoms with Crippen molar-refractivity contribution in [3.05, 3.63) is 58.1 Å². The Balaban J connectivity index is 1.91. The summed E-state index contributed by atoms with van der Waals surface area (Å²) in [7, 11) is 5.32. The molecule has 1 aliphatic rings. The second-order valence-electron chi connectivity index (χ2n) is 6.29. The summed E-state index contributed by atoms with van der Waals surface area (Å²) >= 11 is 5.92. The van der Waals surface area contributed by atoms with E-state index in [0.29, 0.717) is 22.8 Å². The molecule has 0 N–H and O–H groups in total. The Morgan fingerprint density at radius 2 is 1.80 bits per heavy atom. The van der Waals surface area contributed by atoms with Crippen LogP contribution in [0.2, 0.25) is 5.02 Å². The van der Waals surface area contributed by atoms with Gasteiger partial charge in [-0.3, -0.25) is 9.69 Å². The maximum Gasteiger partial charge on any atom is 0.164 e. The van der Waals surface area contributed by atoms with Crippen LogP contribution in [0.5, 0.6) is 11.5 Å². The summed E-state index contributed by atoms with van der Waals surface area (Å²) in [4.78, 5) is 15.0. The number of hydrogen-bond acceptors (Lipinski definition) is 4. The van der Waals surface area contributed by atoms with E-state index in [1.54, 1.807) is 38.5 Å². The van der Waals surface area contributed by atoms with Crippen molar-refractivity contribution in [1.82, 2.24) is 4.90 Å². The minimum atomic E-state index is 0.0201. The topological polar surface area (TPSA) is 38.8 Å². The first-order valence-corrected chi connectivity index (χ1v) is 8.65. The lowest BCUT2D eigenvalue weighted by atomic mass is 9.88. The zero-order valence-electron chi connectivity index (χ0n) is 14.7. The van der Waals surface area contributed by atoms with Crippen molar-refractivity contribution in [2.75, 3.05) is 27.8 Å². The van der Waals surface area contributed by atoms with Gasteiger partial charge in [0.2, 0.25) is 0 Å². The molecule has 0 radical (unpaired) electrons. The Morgan fingerprint density at radius 3 is 2.44 bits per heavy atom. The SMILES string of the molecule is COc1cc2c(cc1OC)C(CC(=O)c1ccc(Cl)cc1)N(C)CC2. The van der Waals surface area contributed by atoms with Crippen molar-refractivity contribution in [2.45, 2.75) is 18.9 Å². The van der Waals surface area contributed by atoms with E-state index in [-0.39, 0.29) is 11.8 Å². The van der Waals surface area contributed by atoms with Gasteiger partial charge in [-0.1, -0.05) is 11.6 Å². The van der Waals surface area contributed by atoms with Crippen molar-refractivity contribution >= 4 is 17.4 Å². The standard InChI is InChI=1S/C20H22ClNO3/c1-22-9-8-14-10-19(24-2)20(25-3)11-16(14)17(22)12-18(23)13-4-6-15(21)7-5-13/h4-7,10-11,17H,8-9,12H2,1-3H3. The number of ketones is 1. The van der Waals surface area contributed by atoms with E-state index in [0.717, 1.165) is 24.3 Å². The molecule has 0 saturated carbocycles. The smallest absolute Gasteiger partial charge is 0.164 e. The highest BCUT2D eigenvalue weighted by Gasteiger charge is 2.29. The molecule has 2 aromatic rings. The van der Waals surface area contributed by atoms with Gasteiger partial charge < -0.3 is 9.47 Å². The van der Waals surface area contributed by atoms with Gasteiger partial charge in [0.05, 0.1) is 14.2 Å². The first kappa shape index (κ1) is 17.8. The van der Waals surface area contributed by atoms with Crippen LogP contribution in [-0.2, 0) is 6.42 Å². The number of carbonyl (C=O) groups excluding carboxylic acids is 1. The van der Waals surface area contributed by atoms with Crippen molar-refractivity contribution in [2.24, 2.45) is 0 Å². The summed E-state index contributed by atoms with van der Waals surface area (Å²) < 4.78 is 10.9. The van der Waals surface area contributed by atoms with Gasteiger partial charge in [-0.15, -0.1) is 0 Å². The fourth-order valence-electron chi connectivity index (χ4n) is 3.35. The zero-order valence-corrected chi connectivity index (χ0v) is 15.5. The number of ether oxygens (including phenoxy) is 2. The number of Topliss-reactive ketones (excluding diaryl/α,β-unsaturated/α-hetero) is 1. The predicted octanol–water partition coefficient (Wildman–Crippen LogP) is 4.16. The van der Waals surface area contributed by atoms with E-state index >= 15 is 0 Å². The third-order valence-electron chi connectivity index (χ3n) is 4.82. The summed E-state index contributed by atoms with van der Waals surface area (Å²) in [6, 6.07) is 11.1. The summed E-state index contributed by atoms with van der Waals surface area (Å²) in [5, 5.41) is 0.633. The molecule has 0 spiro atoms. The van der Waals surface area contributed by atoms with Crippen LogP contribution < -0.4 is 9.47 Å². The molecule has 0 fully saturated rings. The molecule has 132 valence electrons. The quantitative estimate of drug-likeness (QED) is 0.751. The van der Waals surface area contributed by atoms with E-state index in [1.165, 1.54) is 5.56 Å². The van der Waals surface area contributed by atoms with Crippen LogP contribution >= 0.6 is 11.6 Å². The van der Waals surface area contributed by atoms with Crippen LogP contribution in [0, 0.1) is 0 Å². The highest BCUT2D eigenvalue weighted by Crippen LogP contribution is 2.39. The van der Waals surface area contributed by atoms with Crippen molar-refractivity contribution in [1.29, 1.82) is 0 Å². The molecule has 4 nitrogen and oxygen atoms in total. The van der Waals surface area contributed by atoms with Gasteiger partial charge in [0.1, 0.15) is 0 Å². The zero-order chi connectivity index (χ0) is 18.0. The first-order chi connectivity index (χ1) is 12.0. The average molecular weight is 360 g/mol. The fourth-order valence-corrected chi connectivity index (χ4v) is 3.47. The minimum absolute atomic E-state index is 0.0201. The highest BCUT2D eigenvalue weighted by molar-refractivity contribution is 6.30. The summed E-state index contributed by atoms with van der Waals surface area (Å²) in [5.41, 5.74) is 3.03. The van der Waals surface area contributed by atoms with E-state index in [4.69, 9.17) is 21.1 Å². The number of nitrogens with zero attached hydrogens (tertiary/aromatic N) is 1. The highest BCUT2D eigenvalue weighted by atomic mass is 35.5. The van der Waals surface area contributed by atoms with Gasteiger partial charge in [0.15, 0.2) is 17.3 Å². The second kappa shape index (κ2) is 7.46. The molecule has 3 rings (SSSR count). The predicted molar refractivity (Wildman–Crippen MR) is 99.0 cm³/mol. The summed E-state index contributed by atoms with van der Waals surface area (Å²) in [5.74, 6) is 1.53. The maximum absolute atomic E-state index is 12.7. The second-order valence-corrected chi connectivity index (χ2v) is 6.72. The van der Waals surface area contributed by atoms with Gasteiger partial charge in [-0.05, 0) is 61.0 Å². The lowest BCUT2D eigenvalue weighted by Crippen LogP contribution is -2.33. The van der Waals surface area contributed by atoms with E-state index in [1.807, 2.05) is 12.1 Å². The third kappa shape index (κ3) is 3.65. The lowest BCUT2D eigenvalue weighted by molar-refractivity contribution is 0.0927. The molecule has 0 saturated heterocycles. The van der Waals surface area contributed by atoms with Gasteiger partial charge in [0, 0.05) is 29.6 Å². The van der Waals surface area contributed by atoms with Crippen LogP contribution in [0.4, 0.5) is 0 Å².